The summed E-state index contributed by atoms with van der Waals surface area (Å²) in [4.78, 5) is 2.42. The van der Waals surface area contributed by atoms with E-state index in [-0.39, 0.29) is 0 Å². The van der Waals surface area contributed by atoms with Gasteiger partial charge in [-0.2, -0.15) is 0 Å². The van der Waals surface area contributed by atoms with Gasteiger partial charge >= 0.3 is 0 Å². The molecule has 0 fully saturated rings. The molecule has 0 N–H and O–H groups in total. The Labute approximate surface area is 337 Å². The predicted octanol–water partition coefficient (Wildman–Crippen LogP) is 16.0. The quantitative estimate of drug-likeness (QED) is 0.162. The van der Waals surface area contributed by atoms with Crippen LogP contribution in [0, 0.1) is 0 Å². The van der Waals surface area contributed by atoms with Crippen LogP contribution in [0.4, 0.5) is 17.1 Å². The second-order valence-corrected chi connectivity index (χ2v) is 14.9. The van der Waals surface area contributed by atoms with Crippen LogP contribution >= 0.6 is 0 Å². The largest absolute Gasteiger partial charge is 0.456 e. The summed E-state index contributed by atoms with van der Waals surface area (Å²) in [6.07, 6.45) is 0. The number of hydrogen-bond acceptors (Lipinski definition) is 2. The fraction of sp³-hybridized carbons (Fsp3) is 0. The first-order chi connectivity index (χ1) is 28.8. The highest BCUT2D eigenvalue weighted by Crippen LogP contribution is 2.47. The molecule has 0 unspecified atom stereocenters. The van der Waals surface area contributed by atoms with E-state index in [0.717, 1.165) is 66.8 Å². The van der Waals surface area contributed by atoms with Crippen LogP contribution in [-0.4, -0.2) is 0 Å². The molecule has 2 heteroatoms. The van der Waals surface area contributed by atoms with E-state index in [1.165, 1.54) is 38.2 Å². The Morgan fingerprint density at radius 1 is 0.293 bits per heavy atom. The molecular formula is C56H37NO. The van der Waals surface area contributed by atoms with Crippen LogP contribution in [0.2, 0.25) is 0 Å². The monoisotopic (exact) mass is 739 g/mol. The molecule has 58 heavy (non-hydrogen) atoms. The molecule has 11 aromatic rings. The molecule has 0 spiro atoms. The molecule has 1 heterocycles. The average Bonchev–Trinajstić information content (AvgIpc) is 3.66. The Balaban J connectivity index is 1.08. The van der Waals surface area contributed by atoms with Crippen molar-refractivity contribution in [1.82, 2.24) is 0 Å². The fourth-order valence-corrected chi connectivity index (χ4v) is 8.72. The zero-order valence-corrected chi connectivity index (χ0v) is 31.7. The average molecular weight is 740 g/mol. The Morgan fingerprint density at radius 2 is 0.862 bits per heavy atom. The smallest absolute Gasteiger partial charge is 0.136 e. The first-order valence-corrected chi connectivity index (χ1v) is 19.8. The van der Waals surface area contributed by atoms with Crippen molar-refractivity contribution >= 4 is 60.5 Å². The second-order valence-electron chi connectivity index (χ2n) is 14.9. The minimum Gasteiger partial charge on any atom is -0.456 e. The minimum absolute atomic E-state index is 0.879. The first kappa shape index (κ1) is 33.6. The molecule has 272 valence electrons. The summed E-state index contributed by atoms with van der Waals surface area (Å²) in [6.45, 7) is 0. The zero-order valence-electron chi connectivity index (χ0n) is 31.7. The van der Waals surface area contributed by atoms with E-state index in [4.69, 9.17) is 4.42 Å². The molecule has 0 radical (unpaired) electrons. The summed E-state index contributed by atoms with van der Waals surface area (Å²) < 4.78 is 6.57. The van der Waals surface area contributed by atoms with Crippen molar-refractivity contribution in [2.24, 2.45) is 0 Å². The molecule has 11 rings (SSSR count). The van der Waals surface area contributed by atoms with Crippen molar-refractivity contribution in [3.8, 4) is 44.5 Å². The lowest BCUT2D eigenvalue weighted by Crippen LogP contribution is -2.12. The maximum atomic E-state index is 6.57. The van der Waals surface area contributed by atoms with Crippen LogP contribution in [0.5, 0.6) is 0 Å². The van der Waals surface area contributed by atoms with Crippen molar-refractivity contribution in [1.29, 1.82) is 0 Å². The minimum atomic E-state index is 0.879. The molecule has 0 atom stereocenters. The highest BCUT2D eigenvalue weighted by atomic mass is 16.3. The van der Waals surface area contributed by atoms with Gasteiger partial charge in [0.05, 0.1) is 11.4 Å². The Hall–Kier alpha value is -7.68. The summed E-state index contributed by atoms with van der Waals surface area (Å²) in [5.74, 6) is 0. The lowest BCUT2D eigenvalue weighted by molar-refractivity contribution is 0.669. The molecule has 0 aliphatic heterocycles. The third-order valence-electron chi connectivity index (χ3n) is 11.5. The zero-order chi connectivity index (χ0) is 38.4. The van der Waals surface area contributed by atoms with E-state index in [1.54, 1.807) is 0 Å². The van der Waals surface area contributed by atoms with Gasteiger partial charge in [-0.1, -0.05) is 176 Å². The molecule has 0 saturated heterocycles. The number of fused-ring (bicyclic) bond motifs is 5. The summed E-state index contributed by atoms with van der Waals surface area (Å²) >= 11 is 0. The van der Waals surface area contributed by atoms with Crippen molar-refractivity contribution in [3.05, 3.63) is 224 Å². The molecule has 0 amide bonds. The summed E-state index contributed by atoms with van der Waals surface area (Å²) in [7, 11) is 0. The van der Waals surface area contributed by atoms with Gasteiger partial charge in [-0.15, -0.1) is 0 Å². The van der Waals surface area contributed by atoms with Crippen LogP contribution in [0.25, 0.3) is 88.0 Å². The van der Waals surface area contributed by atoms with Crippen molar-refractivity contribution < 1.29 is 4.42 Å². The molecular weight excluding hydrogens is 703 g/mol. The molecule has 0 aliphatic rings. The van der Waals surface area contributed by atoms with E-state index in [1.807, 2.05) is 0 Å². The lowest BCUT2D eigenvalue weighted by Gasteiger charge is -2.30. The highest BCUT2D eigenvalue weighted by molar-refractivity contribution is 6.16. The van der Waals surface area contributed by atoms with Crippen molar-refractivity contribution in [3.63, 3.8) is 0 Å². The van der Waals surface area contributed by atoms with E-state index in [0.29, 0.717) is 0 Å². The van der Waals surface area contributed by atoms with Gasteiger partial charge in [0.1, 0.15) is 11.2 Å². The van der Waals surface area contributed by atoms with Gasteiger partial charge in [0.2, 0.25) is 0 Å². The van der Waals surface area contributed by atoms with Gasteiger partial charge in [0.15, 0.2) is 0 Å². The van der Waals surface area contributed by atoms with Crippen molar-refractivity contribution in [2.45, 2.75) is 0 Å². The number of anilines is 3. The molecule has 0 aliphatic carbocycles. The molecule has 10 aromatic carbocycles. The van der Waals surface area contributed by atoms with E-state index in [2.05, 4.69) is 229 Å². The van der Waals surface area contributed by atoms with E-state index >= 15 is 0 Å². The summed E-state index contributed by atoms with van der Waals surface area (Å²) in [5.41, 5.74) is 14.4. The van der Waals surface area contributed by atoms with E-state index in [9.17, 15) is 0 Å². The topological polar surface area (TPSA) is 16.4 Å². The number of benzene rings is 10. The van der Waals surface area contributed by atoms with Crippen LogP contribution in [0.15, 0.2) is 229 Å². The number of para-hydroxylation sites is 2. The molecule has 2 nitrogen and oxygen atoms in total. The number of rotatable bonds is 7. The van der Waals surface area contributed by atoms with Gasteiger partial charge in [0.25, 0.3) is 0 Å². The second kappa shape index (κ2) is 14.1. The fourth-order valence-electron chi connectivity index (χ4n) is 8.72. The van der Waals surface area contributed by atoms with E-state index < -0.39 is 0 Å². The third kappa shape index (κ3) is 5.82. The van der Waals surface area contributed by atoms with Gasteiger partial charge in [-0.3, -0.25) is 0 Å². The maximum Gasteiger partial charge on any atom is 0.136 e. The summed E-state index contributed by atoms with van der Waals surface area (Å²) in [5, 5.41) is 7.11. The maximum absolute atomic E-state index is 6.57. The molecule has 0 saturated carbocycles. The van der Waals surface area contributed by atoms with Crippen LogP contribution in [0.1, 0.15) is 0 Å². The van der Waals surface area contributed by atoms with Crippen LogP contribution in [-0.2, 0) is 0 Å². The Bertz CT molecular complexity index is 3280. The standard InChI is InChI=1S/C56H37NO/c1-2-15-40(16-3-1)48-24-8-10-28-52(48)57(45-33-31-38(32-34-45)41-21-12-22-44(35-41)47-26-13-20-39-17-6-7-23-46(39)47)53-29-11-9-25-49(53)50-27-14-30-54-56(50)51-36-42-18-4-5-19-43(42)37-55(51)58-54/h1-37H. The number of hydrogen-bond donors (Lipinski definition) is 0. The van der Waals surface area contributed by atoms with Gasteiger partial charge in [-0.05, 0) is 103 Å². The molecule has 1 aromatic heterocycles. The third-order valence-corrected chi connectivity index (χ3v) is 11.5. The van der Waals surface area contributed by atoms with Crippen LogP contribution in [0.3, 0.4) is 0 Å². The normalized spacial score (nSPS) is 11.4. The van der Waals surface area contributed by atoms with Crippen LogP contribution < -0.4 is 4.90 Å². The SMILES string of the molecule is c1ccc(-c2ccccc2N(c2ccc(-c3cccc(-c4cccc5ccccc45)c3)cc2)c2ccccc2-c2cccc3oc4cc5ccccc5cc4c23)cc1. The number of nitrogens with zero attached hydrogens (tertiary/aromatic N) is 1. The van der Waals surface area contributed by atoms with Gasteiger partial charge < -0.3 is 9.32 Å². The Morgan fingerprint density at radius 3 is 1.69 bits per heavy atom. The van der Waals surface area contributed by atoms with Crippen molar-refractivity contribution in [2.75, 3.05) is 4.90 Å². The first-order valence-electron chi connectivity index (χ1n) is 19.8. The van der Waals surface area contributed by atoms with Gasteiger partial charge in [-0.25, -0.2) is 0 Å². The highest BCUT2D eigenvalue weighted by Gasteiger charge is 2.22. The Kier molecular flexibility index (Phi) is 8.19. The predicted molar refractivity (Wildman–Crippen MR) is 245 cm³/mol. The summed E-state index contributed by atoms with van der Waals surface area (Å²) in [6, 6.07) is 80.7. The molecule has 0 bridgehead atoms. The van der Waals surface area contributed by atoms with Gasteiger partial charge in [0, 0.05) is 27.6 Å². The lowest BCUT2D eigenvalue weighted by atomic mass is 9.94. The number of furan rings is 1.